The first kappa shape index (κ1) is 13.8. The van der Waals surface area contributed by atoms with Gasteiger partial charge in [-0.15, -0.1) is 0 Å². The second kappa shape index (κ2) is 5.59. The Labute approximate surface area is 119 Å². The molecule has 2 N–H and O–H groups in total. The molecular formula is C14H8ClFN2O2. The van der Waals surface area contributed by atoms with Crippen LogP contribution in [0.3, 0.4) is 0 Å². The fourth-order valence-electron chi connectivity index (χ4n) is 1.60. The van der Waals surface area contributed by atoms with Gasteiger partial charge in [0.1, 0.15) is 17.6 Å². The number of phenolic OH excluding ortho intramolecular Hbond substituents is 1. The number of nitrogens with one attached hydrogen (secondary N) is 1. The van der Waals surface area contributed by atoms with Crippen LogP contribution < -0.4 is 5.32 Å². The highest BCUT2D eigenvalue weighted by atomic mass is 35.5. The zero-order chi connectivity index (χ0) is 14.7. The number of halogens is 2. The van der Waals surface area contributed by atoms with Crippen molar-refractivity contribution in [2.45, 2.75) is 0 Å². The van der Waals surface area contributed by atoms with E-state index in [0.29, 0.717) is 5.02 Å². The van der Waals surface area contributed by atoms with Crippen LogP contribution in [0.1, 0.15) is 15.9 Å². The van der Waals surface area contributed by atoms with Crippen molar-refractivity contribution in [3.63, 3.8) is 0 Å². The Bertz CT molecular complexity index is 726. The summed E-state index contributed by atoms with van der Waals surface area (Å²) in [7, 11) is 0. The van der Waals surface area contributed by atoms with Crippen molar-refractivity contribution in [1.29, 1.82) is 5.26 Å². The lowest BCUT2D eigenvalue weighted by atomic mass is 10.1. The second-order valence-corrected chi connectivity index (χ2v) is 4.35. The molecule has 0 unspecified atom stereocenters. The Morgan fingerprint density at radius 1 is 1.30 bits per heavy atom. The van der Waals surface area contributed by atoms with Crippen LogP contribution in [0.4, 0.5) is 10.1 Å². The van der Waals surface area contributed by atoms with Gasteiger partial charge in [0.05, 0.1) is 16.8 Å². The van der Waals surface area contributed by atoms with Crippen LogP contribution in [0.15, 0.2) is 36.4 Å². The molecule has 0 aliphatic carbocycles. The molecular weight excluding hydrogens is 283 g/mol. The maximum Gasteiger partial charge on any atom is 0.259 e. The van der Waals surface area contributed by atoms with E-state index < -0.39 is 17.5 Å². The molecule has 0 aliphatic heterocycles. The lowest BCUT2D eigenvalue weighted by Crippen LogP contribution is -2.13. The molecule has 0 heterocycles. The number of benzene rings is 2. The second-order valence-electron chi connectivity index (χ2n) is 3.92. The van der Waals surface area contributed by atoms with Gasteiger partial charge in [0.2, 0.25) is 0 Å². The van der Waals surface area contributed by atoms with Gasteiger partial charge in [-0.3, -0.25) is 4.79 Å². The first-order valence-corrected chi connectivity index (χ1v) is 5.88. The molecule has 100 valence electrons. The molecule has 1 amide bonds. The summed E-state index contributed by atoms with van der Waals surface area (Å²) in [6.45, 7) is 0. The average molecular weight is 291 g/mol. The van der Waals surface area contributed by atoms with Crippen molar-refractivity contribution < 1.29 is 14.3 Å². The number of nitriles is 1. The number of amides is 1. The van der Waals surface area contributed by atoms with Crippen molar-refractivity contribution in [1.82, 2.24) is 0 Å². The van der Waals surface area contributed by atoms with Crippen molar-refractivity contribution in [2.75, 3.05) is 5.32 Å². The lowest BCUT2D eigenvalue weighted by molar-refractivity contribution is 0.102. The number of aromatic hydroxyl groups is 1. The number of anilines is 1. The van der Waals surface area contributed by atoms with Gasteiger partial charge in [-0.2, -0.15) is 5.26 Å². The minimum atomic E-state index is -0.665. The molecule has 6 heteroatoms. The van der Waals surface area contributed by atoms with E-state index in [-0.39, 0.29) is 16.8 Å². The van der Waals surface area contributed by atoms with Crippen molar-refractivity contribution >= 4 is 23.2 Å². The largest absolute Gasteiger partial charge is 0.507 e. The standard InChI is InChI=1S/C14H8ClFN2O2/c15-9-2-1-8(7-17)12(5-9)18-14(20)11-4-3-10(16)6-13(11)19/h1-6,19H,(H,18,20). The molecule has 2 aromatic carbocycles. The van der Waals surface area contributed by atoms with E-state index in [4.69, 9.17) is 16.9 Å². The topological polar surface area (TPSA) is 73.1 Å². The van der Waals surface area contributed by atoms with Gasteiger partial charge in [-0.1, -0.05) is 11.6 Å². The molecule has 0 saturated carbocycles. The Kier molecular flexibility index (Phi) is 3.87. The molecule has 0 bridgehead atoms. The molecule has 0 aromatic heterocycles. The maximum atomic E-state index is 12.9. The normalized spacial score (nSPS) is 9.85. The average Bonchev–Trinajstić information content (AvgIpc) is 2.38. The van der Waals surface area contributed by atoms with Crippen LogP contribution in [-0.2, 0) is 0 Å². The van der Waals surface area contributed by atoms with Crippen LogP contribution in [-0.4, -0.2) is 11.0 Å². The Hall–Kier alpha value is -2.58. The van der Waals surface area contributed by atoms with Gasteiger partial charge in [-0.05, 0) is 30.3 Å². The van der Waals surface area contributed by atoms with E-state index >= 15 is 0 Å². The van der Waals surface area contributed by atoms with Gasteiger partial charge in [-0.25, -0.2) is 4.39 Å². The highest BCUT2D eigenvalue weighted by Gasteiger charge is 2.14. The predicted molar refractivity (Wildman–Crippen MR) is 72.2 cm³/mol. The molecule has 0 aliphatic rings. The van der Waals surface area contributed by atoms with Gasteiger partial charge >= 0.3 is 0 Å². The highest BCUT2D eigenvalue weighted by molar-refractivity contribution is 6.31. The first-order valence-electron chi connectivity index (χ1n) is 5.51. The zero-order valence-corrected chi connectivity index (χ0v) is 10.8. The molecule has 0 saturated heterocycles. The fourth-order valence-corrected chi connectivity index (χ4v) is 1.78. The van der Waals surface area contributed by atoms with Crippen LogP contribution >= 0.6 is 11.6 Å². The van der Waals surface area contributed by atoms with E-state index in [0.717, 1.165) is 18.2 Å². The molecule has 0 spiro atoms. The summed E-state index contributed by atoms with van der Waals surface area (Å²) in [5.74, 6) is -1.80. The number of rotatable bonds is 2. The Balaban J connectivity index is 2.33. The van der Waals surface area contributed by atoms with Gasteiger partial charge in [0.15, 0.2) is 0 Å². The van der Waals surface area contributed by atoms with Gasteiger partial charge < -0.3 is 10.4 Å². The minimum Gasteiger partial charge on any atom is -0.507 e. The molecule has 20 heavy (non-hydrogen) atoms. The first-order chi connectivity index (χ1) is 9.51. The fraction of sp³-hybridized carbons (Fsp3) is 0. The summed E-state index contributed by atoms with van der Waals surface area (Å²) < 4.78 is 12.9. The Morgan fingerprint density at radius 2 is 2.05 bits per heavy atom. The number of nitrogens with zero attached hydrogens (tertiary/aromatic N) is 1. The Morgan fingerprint density at radius 3 is 2.70 bits per heavy atom. The quantitative estimate of drug-likeness (QED) is 0.891. The molecule has 0 fully saturated rings. The van der Waals surface area contributed by atoms with Crippen LogP contribution in [0.5, 0.6) is 5.75 Å². The third-order valence-corrected chi connectivity index (χ3v) is 2.79. The van der Waals surface area contributed by atoms with Crippen molar-refractivity contribution in [2.24, 2.45) is 0 Å². The summed E-state index contributed by atoms with van der Waals surface area (Å²) in [6.07, 6.45) is 0. The summed E-state index contributed by atoms with van der Waals surface area (Å²) in [4.78, 5) is 12.0. The minimum absolute atomic E-state index is 0.102. The van der Waals surface area contributed by atoms with Crippen molar-refractivity contribution in [3.8, 4) is 11.8 Å². The summed E-state index contributed by atoms with van der Waals surface area (Å²) in [5.41, 5.74) is 0.341. The van der Waals surface area contributed by atoms with E-state index in [1.165, 1.54) is 18.2 Å². The summed E-state index contributed by atoms with van der Waals surface area (Å²) in [6, 6.07) is 9.34. The van der Waals surface area contributed by atoms with Crippen LogP contribution in [0.25, 0.3) is 0 Å². The third kappa shape index (κ3) is 2.87. The zero-order valence-electron chi connectivity index (χ0n) is 10.0. The van der Waals surface area contributed by atoms with E-state index in [1.54, 1.807) is 0 Å². The van der Waals surface area contributed by atoms with Gasteiger partial charge in [0.25, 0.3) is 5.91 Å². The summed E-state index contributed by atoms with van der Waals surface area (Å²) >= 11 is 5.80. The molecule has 2 aromatic rings. The van der Waals surface area contributed by atoms with E-state index in [9.17, 15) is 14.3 Å². The number of hydrogen-bond acceptors (Lipinski definition) is 3. The number of phenols is 1. The number of carbonyl (C=O) groups excluding carboxylic acids is 1. The molecule has 0 atom stereocenters. The SMILES string of the molecule is N#Cc1ccc(Cl)cc1NC(=O)c1ccc(F)cc1O. The lowest BCUT2D eigenvalue weighted by Gasteiger charge is -2.08. The van der Waals surface area contributed by atoms with Crippen LogP contribution in [0.2, 0.25) is 5.02 Å². The highest BCUT2D eigenvalue weighted by Crippen LogP contribution is 2.23. The third-order valence-electron chi connectivity index (χ3n) is 2.55. The molecule has 2 rings (SSSR count). The van der Waals surface area contributed by atoms with E-state index in [2.05, 4.69) is 5.32 Å². The smallest absolute Gasteiger partial charge is 0.259 e. The monoisotopic (exact) mass is 290 g/mol. The van der Waals surface area contributed by atoms with Gasteiger partial charge in [0, 0.05) is 11.1 Å². The van der Waals surface area contributed by atoms with E-state index in [1.807, 2.05) is 6.07 Å². The maximum absolute atomic E-state index is 12.9. The van der Waals surface area contributed by atoms with Crippen molar-refractivity contribution in [3.05, 3.63) is 58.4 Å². The number of carbonyl (C=O) groups is 1. The molecule has 4 nitrogen and oxygen atoms in total. The summed E-state index contributed by atoms with van der Waals surface area (Å²) in [5, 5.41) is 21.3. The van der Waals surface area contributed by atoms with Crippen LogP contribution in [0, 0.1) is 17.1 Å². The predicted octanol–water partition coefficient (Wildman–Crippen LogP) is 3.31. The number of hydrogen-bond donors (Lipinski definition) is 2. The molecule has 0 radical (unpaired) electrons.